The van der Waals surface area contributed by atoms with Gasteiger partial charge in [-0.25, -0.2) is 12.8 Å². The van der Waals surface area contributed by atoms with Crippen molar-refractivity contribution in [1.29, 1.82) is 0 Å². The molecule has 0 radical (unpaired) electrons. The largest absolute Gasteiger partial charge is 0.507 e. The Kier molecular flexibility index (Phi) is 3.61. The maximum atomic E-state index is 13.0. The van der Waals surface area contributed by atoms with Gasteiger partial charge in [-0.15, -0.1) is 0 Å². The fourth-order valence-electron chi connectivity index (χ4n) is 1.99. The molecule has 1 aromatic heterocycles. The van der Waals surface area contributed by atoms with Crippen LogP contribution in [0.2, 0.25) is 0 Å². The molecule has 0 saturated heterocycles. The summed E-state index contributed by atoms with van der Waals surface area (Å²) in [4.78, 5) is 4.31. The topological polar surface area (TPSA) is 93.3 Å². The van der Waals surface area contributed by atoms with Crippen molar-refractivity contribution >= 4 is 9.84 Å². The monoisotopic (exact) mass is 334 g/mol. The number of phenolic OH excluding ortho intramolecular Hbond substituents is 1. The lowest BCUT2D eigenvalue weighted by Crippen LogP contribution is -1.96. The molecule has 0 aliphatic carbocycles. The van der Waals surface area contributed by atoms with E-state index in [4.69, 9.17) is 4.52 Å². The first-order valence-corrected chi connectivity index (χ1v) is 8.37. The van der Waals surface area contributed by atoms with Crippen LogP contribution in [0.5, 0.6) is 5.75 Å². The number of nitrogens with zero attached hydrogens (tertiary/aromatic N) is 2. The van der Waals surface area contributed by atoms with E-state index < -0.39 is 15.7 Å². The summed E-state index contributed by atoms with van der Waals surface area (Å²) in [6, 6.07) is 9.42. The van der Waals surface area contributed by atoms with E-state index in [2.05, 4.69) is 10.1 Å². The van der Waals surface area contributed by atoms with Gasteiger partial charge in [0.2, 0.25) is 5.82 Å². The van der Waals surface area contributed by atoms with Crippen molar-refractivity contribution < 1.29 is 22.4 Å². The Morgan fingerprint density at radius 1 is 1.13 bits per heavy atom. The zero-order valence-electron chi connectivity index (χ0n) is 11.9. The SMILES string of the molecule is CS(=O)(=O)c1ccc(-c2noc(-c3ccc(F)cc3O)n2)cc1. The first-order valence-electron chi connectivity index (χ1n) is 6.48. The highest BCUT2D eigenvalue weighted by atomic mass is 32.2. The molecule has 0 saturated carbocycles. The highest BCUT2D eigenvalue weighted by Gasteiger charge is 2.15. The fraction of sp³-hybridized carbons (Fsp3) is 0.0667. The average molecular weight is 334 g/mol. The molecule has 0 fully saturated rings. The number of hydrogen-bond acceptors (Lipinski definition) is 6. The molecule has 0 bridgehead atoms. The van der Waals surface area contributed by atoms with Gasteiger partial charge in [0.25, 0.3) is 5.89 Å². The second-order valence-corrected chi connectivity index (χ2v) is 6.90. The Bertz CT molecular complexity index is 965. The molecule has 0 unspecified atom stereocenters. The molecule has 3 aromatic rings. The van der Waals surface area contributed by atoms with Crippen LogP contribution in [-0.2, 0) is 9.84 Å². The predicted octanol–water partition coefficient (Wildman–Crippen LogP) is 2.65. The quantitative estimate of drug-likeness (QED) is 0.791. The lowest BCUT2D eigenvalue weighted by Gasteiger charge is -1.99. The van der Waals surface area contributed by atoms with Crippen LogP contribution < -0.4 is 0 Å². The third kappa shape index (κ3) is 3.07. The van der Waals surface area contributed by atoms with Crippen LogP contribution in [-0.4, -0.2) is 29.9 Å². The van der Waals surface area contributed by atoms with Gasteiger partial charge in [-0.2, -0.15) is 4.98 Å². The van der Waals surface area contributed by atoms with Crippen molar-refractivity contribution in [2.45, 2.75) is 4.90 Å². The van der Waals surface area contributed by atoms with Crippen LogP contribution >= 0.6 is 0 Å². The minimum atomic E-state index is -3.28. The Morgan fingerprint density at radius 3 is 2.43 bits per heavy atom. The molecule has 1 N–H and O–H groups in total. The van der Waals surface area contributed by atoms with Crippen molar-refractivity contribution in [1.82, 2.24) is 10.1 Å². The van der Waals surface area contributed by atoms with Crippen LogP contribution in [0.15, 0.2) is 51.9 Å². The number of halogens is 1. The maximum absolute atomic E-state index is 13.0. The van der Waals surface area contributed by atoms with Crippen molar-refractivity contribution in [3.05, 3.63) is 48.3 Å². The average Bonchev–Trinajstić information content (AvgIpc) is 2.96. The first-order chi connectivity index (χ1) is 10.8. The molecule has 3 rings (SSSR count). The van der Waals surface area contributed by atoms with Crippen LogP contribution in [0.25, 0.3) is 22.8 Å². The summed E-state index contributed by atoms with van der Waals surface area (Å²) in [6.45, 7) is 0. The standard InChI is InChI=1S/C15H11FN2O4S/c1-23(20,21)11-5-2-9(3-6-11)14-17-15(22-18-14)12-7-4-10(16)8-13(12)19/h2-8,19H,1H3. The van der Waals surface area contributed by atoms with E-state index in [1.165, 1.54) is 24.3 Å². The summed E-state index contributed by atoms with van der Waals surface area (Å²) < 4.78 is 40.9. The van der Waals surface area contributed by atoms with Crippen LogP contribution in [0.3, 0.4) is 0 Å². The molecule has 0 atom stereocenters. The van der Waals surface area contributed by atoms with Gasteiger partial charge in [0.05, 0.1) is 10.5 Å². The summed E-state index contributed by atoms with van der Waals surface area (Å²) in [5.41, 5.74) is 0.756. The van der Waals surface area contributed by atoms with E-state index in [0.29, 0.717) is 5.56 Å². The molecule has 118 valence electrons. The lowest BCUT2D eigenvalue weighted by molar-refractivity contribution is 0.425. The Morgan fingerprint density at radius 2 is 1.83 bits per heavy atom. The smallest absolute Gasteiger partial charge is 0.262 e. The van der Waals surface area contributed by atoms with Gasteiger partial charge in [-0.3, -0.25) is 0 Å². The molecule has 0 aliphatic heterocycles. The highest BCUT2D eigenvalue weighted by molar-refractivity contribution is 7.90. The van der Waals surface area contributed by atoms with Gasteiger partial charge in [0, 0.05) is 17.9 Å². The van der Waals surface area contributed by atoms with Gasteiger partial charge in [-0.05, 0) is 36.4 Å². The molecule has 8 heteroatoms. The first kappa shape index (κ1) is 15.2. The molecule has 0 spiro atoms. The van der Waals surface area contributed by atoms with E-state index in [1.54, 1.807) is 12.1 Å². The van der Waals surface area contributed by atoms with E-state index >= 15 is 0 Å². The van der Waals surface area contributed by atoms with E-state index in [1.807, 2.05) is 0 Å². The van der Waals surface area contributed by atoms with Gasteiger partial charge >= 0.3 is 0 Å². The maximum Gasteiger partial charge on any atom is 0.262 e. The van der Waals surface area contributed by atoms with Crippen molar-refractivity contribution in [3.8, 4) is 28.6 Å². The molecule has 2 aromatic carbocycles. The number of rotatable bonds is 3. The van der Waals surface area contributed by atoms with Gasteiger partial charge < -0.3 is 9.63 Å². The third-order valence-corrected chi connectivity index (χ3v) is 4.29. The molecule has 1 heterocycles. The van der Waals surface area contributed by atoms with Crippen molar-refractivity contribution in [2.75, 3.05) is 6.26 Å². The second kappa shape index (κ2) is 5.47. The molecule has 6 nitrogen and oxygen atoms in total. The third-order valence-electron chi connectivity index (χ3n) is 3.16. The van der Waals surface area contributed by atoms with Gasteiger partial charge in [-0.1, -0.05) is 5.16 Å². The molecular formula is C15H11FN2O4S. The van der Waals surface area contributed by atoms with Crippen LogP contribution in [0, 0.1) is 5.82 Å². The number of aromatic nitrogens is 2. The zero-order valence-corrected chi connectivity index (χ0v) is 12.7. The summed E-state index contributed by atoms with van der Waals surface area (Å²) >= 11 is 0. The Hall–Kier alpha value is -2.74. The number of sulfone groups is 1. The van der Waals surface area contributed by atoms with Crippen LogP contribution in [0.1, 0.15) is 0 Å². The second-order valence-electron chi connectivity index (χ2n) is 4.88. The number of hydrogen-bond donors (Lipinski definition) is 1. The number of benzene rings is 2. The molecule has 0 aliphatic rings. The van der Waals surface area contributed by atoms with Gasteiger partial charge in [0.15, 0.2) is 9.84 Å². The number of phenols is 1. The summed E-state index contributed by atoms with van der Waals surface area (Å²) in [6.07, 6.45) is 1.12. The Labute approximate surface area is 131 Å². The Balaban J connectivity index is 1.96. The van der Waals surface area contributed by atoms with E-state index in [-0.39, 0.29) is 27.9 Å². The lowest BCUT2D eigenvalue weighted by atomic mass is 10.2. The number of aromatic hydroxyl groups is 1. The van der Waals surface area contributed by atoms with Gasteiger partial charge in [0.1, 0.15) is 11.6 Å². The van der Waals surface area contributed by atoms with Crippen molar-refractivity contribution in [3.63, 3.8) is 0 Å². The summed E-state index contributed by atoms with van der Waals surface area (Å²) in [7, 11) is -3.28. The highest BCUT2D eigenvalue weighted by Crippen LogP contribution is 2.30. The predicted molar refractivity (Wildman–Crippen MR) is 79.9 cm³/mol. The fourth-order valence-corrected chi connectivity index (χ4v) is 2.62. The van der Waals surface area contributed by atoms with E-state index in [0.717, 1.165) is 12.3 Å². The van der Waals surface area contributed by atoms with E-state index in [9.17, 15) is 17.9 Å². The molecule has 23 heavy (non-hydrogen) atoms. The van der Waals surface area contributed by atoms with Crippen LogP contribution in [0.4, 0.5) is 4.39 Å². The molecular weight excluding hydrogens is 323 g/mol. The minimum Gasteiger partial charge on any atom is -0.507 e. The minimum absolute atomic E-state index is 0.0321. The summed E-state index contributed by atoms with van der Waals surface area (Å²) in [5.74, 6) is -0.636. The van der Waals surface area contributed by atoms with Crippen molar-refractivity contribution in [2.24, 2.45) is 0 Å². The normalized spacial score (nSPS) is 11.6. The zero-order chi connectivity index (χ0) is 16.6. The molecule has 0 amide bonds. The summed E-state index contributed by atoms with van der Waals surface area (Å²) in [5, 5.41) is 13.5.